The van der Waals surface area contributed by atoms with Crippen LogP contribution in [0.5, 0.6) is 11.5 Å². The van der Waals surface area contributed by atoms with Gasteiger partial charge in [0, 0.05) is 10.9 Å². The lowest BCUT2D eigenvalue weighted by Crippen LogP contribution is -1.84. The third-order valence-corrected chi connectivity index (χ3v) is 3.26. The molecule has 1 heterocycles. The zero-order valence-electron chi connectivity index (χ0n) is 9.67. The fourth-order valence-corrected chi connectivity index (χ4v) is 2.42. The van der Waals surface area contributed by atoms with Crippen molar-refractivity contribution in [3.8, 4) is 22.6 Å². The number of hydrogen-bond donors (Lipinski definition) is 0. The smallest absolute Gasteiger partial charge is 0.146 e. The molecule has 0 saturated heterocycles. The summed E-state index contributed by atoms with van der Waals surface area (Å²) >= 11 is 1.53. The first-order valence-corrected chi connectivity index (χ1v) is 6.59. The van der Waals surface area contributed by atoms with E-state index in [2.05, 4.69) is 17.5 Å². The van der Waals surface area contributed by atoms with Crippen LogP contribution < -0.4 is 4.74 Å². The Balaban J connectivity index is 1.93. The number of rotatable bonds is 3. The normalized spacial score (nSPS) is 10.2. The summed E-state index contributed by atoms with van der Waals surface area (Å²) in [6.45, 7) is 0. The van der Waals surface area contributed by atoms with Gasteiger partial charge in [0.15, 0.2) is 0 Å². The highest BCUT2D eigenvalue weighted by atomic mass is 32.1. The quantitative estimate of drug-likeness (QED) is 0.636. The third kappa shape index (κ3) is 2.29. The van der Waals surface area contributed by atoms with Gasteiger partial charge in [0.05, 0.1) is 5.38 Å². The first kappa shape index (κ1) is 11.1. The number of para-hydroxylation sites is 1. The molecule has 0 saturated carbocycles. The van der Waals surface area contributed by atoms with Crippen molar-refractivity contribution in [1.82, 2.24) is 0 Å². The maximum atomic E-state index is 5.88. The van der Waals surface area contributed by atoms with Crippen molar-refractivity contribution < 1.29 is 4.74 Å². The molecule has 3 rings (SSSR count). The van der Waals surface area contributed by atoms with E-state index in [1.807, 2.05) is 53.9 Å². The third-order valence-electron chi connectivity index (χ3n) is 2.61. The van der Waals surface area contributed by atoms with E-state index in [0.29, 0.717) is 0 Å². The molecule has 0 amide bonds. The number of ether oxygens (including phenoxy) is 1. The van der Waals surface area contributed by atoms with Gasteiger partial charge in [-0.05, 0) is 17.7 Å². The van der Waals surface area contributed by atoms with Crippen molar-refractivity contribution in [1.29, 1.82) is 0 Å². The average molecular weight is 251 g/mol. The zero-order chi connectivity index (χ0) is 12.2. The van der Waals surface area contributed by atoms with Gasteiger partial charge < -0.3 is 4.74 Å². The Morgan fingerprint density at radius 3 is 2.22 bits per heavy atom. The highest BCUT2D eigenvalue weighted by molar-refractivity contribution is 7.08. The summed E-state index contributed by atoms with van der Waals surface area (Å²) in [7, 11) is 0. The molecule has 0 bridgehead atoms. The molecule has 0 aliphatic carbocycles. The second kappa shape index (κ2) is 5.07. The van der Waals surface area contributed by atoms with Crippen molar-refractivity contribution in [3.05, 3.63) is 71.4 Å². The molecule has 0 aliphatic rings. The van der Waals surface area contributed by atoms with E-state index in [0.717, 1.165) is 22.6 Å². The Kier molecular flexibility index (Phi) is 3.11. The Hall–Kier alpha value is -2.06. The van der Waals surface area contributed by atoms with E-state index < -0.39 is 0 Å². The van der Waals surface area contributed by atoms with Crippen LogP contribution in [0.2, 0.25) is 0 Å². The van der Waals surface area contributed by atoms with E-state index >= 15 is 0 Å². The molecule has 1 radical (unpaired) electrons. The molecule has 0 unspecified atom stereocenters. The van der Waals surface area contributed by atoms with E-state index in [9.17, 15) is 0 Å². The van der Waals surface area contributed by atoms with Crippen molar-refractivity contribution in [2.24, 2.45) is 0 Å². The first-order valence-electron chi connectivity index (χ1n) is 5.71. The van der Waals surface area contributed by atoms with Crippen LogP contribution in [-0.2, 0) is 0 Å². The second-order valence-corrected chi connectivity index (χ2v) is 4.53. The van der Waals surface area contributed by atoms with Crippen molar-refractivity contribution in [2.45, 2.75) is 0 Å². The summed E-state index contributed by atoms with van der Waals surface area (Å²) in [6, 6.07) is 20.0. The minimum absolute atomic E-state index is 0.849. The zero-order valence-corrected chi connectivity index (χ0v) is 10.5. The number of benzene rings is 2. The average Bonchev–Trinajstić information content (AvgIpc) is 2.89. The Morgan fingerprint density at radius 1 is 0.833 bits per heavy atom. The molecule has 2 aromatic carbocycles. The maximum Gasteiger partial charge on any atom is 0.146 e. The molecule has 1 nitrogen and oxygen atoms in total. The molecular weight excluding hydrogens is 240 g/mol. The molecule has 0 atom stereocenters. The maximum absolute atomic E-state index is 5.88. The summed E-state index contributed by atoms with van der Waals surface area (Å²) in [5.41, 5.74) is 2.15. The summed E-state index contributed by atoms with van der Waals surface area (Å²) in [4.78, 5) is 0. The van der Waals surface area contributed by atoms with Crippen molar-refractivity contribution >= 4 is 11.3 Å². The van der Waals surface area contributed by atoms with Crippen LogP contribution in [0.25, 0.3) is 11.1 Å². The molecular formula is C16H11OS. The largest absolute Gasteiger partial charge is 0.456 e. The Morgan fingerprint density at radius 2 is 1.50 bits per heavy atom. The molecule has 3 aromatic rings. The van der Waals surface area contributed by atoms with Gasteiger partial charge in [-0.1, -0.05) is 48.5 Å². The SMILES string of the molecule is [c]1scc(Oc2ccccc2)c1-c1ccccc1. The van der Waals surface area contributed by atoms with Crippen LogP contribution in [0.3, 0.4) is 0 Å². The van der Waals surface area contributed by atoms with Gasteiger partial charge in [-0.2, -0.15) is 0 Å². The van der Waals surface area contributed by atoms with Gasteiger partial charge in [0.25, 0.3) is 0 Å². The topological polar surface area (TPSA) is 9.23 Å². The highest BCUT2D eigenvalue weighted by Gasteiger charge is 2.08. The van der Waals surface area contributed by atoms with E-state index in [1.54, 1.807) is 0 Å². The standard InChI is InChI=1S/C16H11OS/c1-3-7-13(8-4-1)15-11-18-12-16(15)17-14-9-5-2-6-10-14/h1-10,12H. The molecule has 87 valence electrons. The Labute approximate surface area is 110 Å². The van der Waals surface area contributed by atoms with Gasteiger partial charge >= 0.3 is 0 Å². The lowest BCUT2D eigenvalue weighted by molar-refractivity contribution is 0.486. The first-order chi connectivity index (χ1) is 8.93. The fraction of sp³-hybridized carbons (Fsp3) is 0. The van der Waals surface area contributed by atoms with Crippen LogP contribution in [0, 0.1) is 5.38 Å². The van der Waals surface area contributed by atoms with Crippen LogP contribution in [0.1, 0.15) is 0 Å². The predicted octanol–water partition coefficient (Wildman–Crippen LogP) is 5.01. The van der Waals surface area contributed by atoms with E-state index in [4.69, 9.17) is 4.74 Å². The van der Waals surface area contributed by atoms with Crippen molar-refractivity contribution in [2.75, 3.05) is 0 Å². The molecule has 0 N–H and O–H groups in total. The van der Waals surface area contributed by atoms with Crippen molar-refractivity contribution in [3.63, 3.8) is 0 Å². The van der Waals surface area contributed by atoms with Gasteiger partial charge in [0.1, 0.15) is 11.5 Å². The monoisotopic (exact) mass is 251 g/mol. The van der Waals surface area contributed by atoms with E-state index in [-0.39, 0.29) is 0 Å². The van der Waals surface area contributed by atoms with Crippen LogP contribution in [0.4, 0.5) is 0 Å². The van der Waals surface area contributed by atoms with Crippen LogP contribution in [0.15, 0.2) is 66.0 Å². The minimum atomic E-state index is 0.849. The lowest BCUT2D eigenvalue weighted by atomic mass is 10.1. The highest BCUT2D eigenvalue weighted by Crippen LogP contribution is 2.35. The van der Waals surface area contributed by atoms with Crippen LogP contribution >= 0.6 is 11.3 Å². The van der Waals surface area contributed by atoms with Crippen LogP contribution in [-0.4, -0.2) is 0 Å². The molecule has 1 aromatic heterocycles. The summed E-state index contributed by atoms with van der Waals surface area (Å²) in [6.07, 6.45) is 0. The summed E-state index contributed by atoms with van der Waals surface area (Å²) in [5, 5.41) is 5.24. The van der Waals surface area contributed by atoms with Gasteiger partial charge in [0.2, 0.25) is 0 Å². The molecule has 0 aliphatic heterocycles. The van der Waals surface area contributed by atoms with Gasteiger partial charge in [-0.25, -0.2) is 0 Å². The number of hydrogen-bond acceptors (Lipinski definition) is 2. The lowest BCUT2D eigenvalue weighted by Gasteiger charge is -2.06. The van der Waals surface area contributed by atoms with E-state index in [1.165, 1.54) is 11.3 Å². The fourth-order valence-electron chi connectivity index (χ4n) is 1.75. The second-order valence-electron chi connectivity index (χ2n) is 3.86. The molecule has 2 heteroatoms. The predicted molar refractivity (Wildman–Crippen MR) is 75.1 cm³/mol. The van der Waals surface area contributed by atoms with Gasteiger partial charge in [-0.15, -0.1) is 11.3 Å². The number of thiophene rings is 1. The minimum Gasteiger partial charge on any atom is -0.456 e. The molecule has 0 fully saturated rings. The Bertz CT molecular complexity index is 614. The summed E-state index contributed by atoms with van der Waals surface area (Å²) < 4.78 is 5.88. The molecule has 0 spiro atoms. The molecule has 18 heavy (non-hydrogen) atoms. The van der Waals surface area contributed by atoms with Gasteiger partial charge in [-0.3, -0.25) is 0 Å². The summed E-state index contributed by atoms with van der Waals surface area (Å²) in [5.74, 6) is 1.71.